The molecule has 120 valence electrons. The van der Waals surface area contributed by atoms with Gasteiger partial charge in [0.25, 0.3) is 5.91 Å². The number of carbonyl (C=O) groups is 1. The highest BCUT2D eigenvalue weighted by Gasteiger charge is 2.16. The smallest absolute Gasteiger partial charge is 0.255 e. The molecule has 1 atom stereocenters. The van der Waals surface area contributed by atoms with Crippen LogP contribution < -0.4 is 20.5 Å². The molecule has 0 bridgehead atoms. The molecule has 1 saturated heterocycles. The van der Waals surface area contributed by atoms with Crippen molar-refractivity contribution in [2.75, 3.05) is 26.9 Å². The number of primary amides is 1. The van der Waals surface area contributed by atoms with Crippen LogP contribution in [0.1, 0.15) is 18.4 Å². The van der Waals surface area contributed by atoms with E-state index in [1.54, 1.807) is 12.1 Å². The molecule has 2 rings (SSSR count). The van der Waals surface area contributed by atoms with Crippen molar-refractivity contribution in [3.63, 3.8) is 0 Å². The van der Waals surface area contributed by atoms with E-state index in [0.29, 0.717) is 23.0 Å². The molecule has 1 aliphatic heterocycles. The van der Waals surface area contributed by atoms with Gasteiger partial charge < -0.3 is 25.3 Å². The first kappa shape index (κ1) is 16.5. The first-order valence-electron chi connectivity index (χ1n) is 7.09. The van der Waals surface area contributed by atoms with E-state index >= 15 is 0 Å². The lowest BCUT2D eigenvalue weighted by Crippen LogP contribution is -2.31. The number of benzene rings is 1. The maximum atomic E-state index is 10.8. The predicted molar refractivity (Wildman–Crippen MR) is 86.4 cm³/mol. The van der Waals surface area contributed by atoms with Gasteiger partial charge in [0.15, 0.2) is 18.1 Å². The zero-order valence-corrected chi connectivity index (χ0v) is 13.3. The highest BCUT2D eigenvalue weighted by atomic mass is 32.1. The largest absolute Gasteiger partial charge is 0.493 e. The summed E-state index contributed by atoms with van der Waals surface area (Å²) in [4.78, 5) is 11.4. The maximum absolute atomic E-state index is 10.8. The second-order valence-corrected chi connectivity index (χ2v) is 5.37. The Morgan fingerprint density at radius 3 is 2.95 bits per heavy atom. The van der Waals surface area contributed by atoms with Crippen LogP contribution in [0.5, 0.6) is 11.5 Å². The van der Waals surface area contributed by atoms with Crippen molar-refractivity contribution in [2.24, 2.45) is 5.73 Å². The number of nitrogens with one attached hydrogen (secondary N) is 1. The zero-order valence-electron chi connectivity index (χ0n) is 12.5. The number of methoxy groups -OCH3 is 1. The average Bonchev–Trinajstić information content (AvgIpc) is 3.03. The van der Waals surface area contributed by atoms with E-state index < -0.39 is 5.91 Å². The summed E-state index contributed by atoms with van der Waals surface area (Å²) in [6.45, 7) is 1.32. The maximum Gasteiger partial charge on any atom is 0.255 e. The number of nitrogens with two attached hydrogens (primary N) is 1. The summed E-state index contributed by atoms with van der Waals surface area (Å²) in [7, 11) is 1.53. The molecule has 0 spiro atoms. The van der Waals surface area contributed by atoms with Crippen LogP contribution in [0.15, 0.2) is 18.2 Å². The van der Waals surface area contributed by atoms with Crippen LogP contribution in [0.3, 0.4) is 0 Å². The average molecular weight is 324 g/mol. The normalized spacial score (nSPS) is 17.0. The number of hydrogen-bond donors (Lipinski definition) is 2. The lowest BCUT2D eigenvalue weighted by Gasteiger charge is -2.15. The molecule has 1 aromatic carbocycles. The van der Waals surface area contributed by atoms with E-state index in [1.807, 2.05) is 6.07 Å². The highest BCUT2D eigenvalue weighted by Crippen LogP contribution is 2.28. The number of thiocarbonyl (C=S) groups is 1. The highest BCUT2D eigenvalue weighted by molar-refractivity contribution is 7.80. The molecule has 7 heteroatoms. The molecular weight excluding hydrogens is 304 g/mol. The number of carbonyl (C=O) groups excluding carboxylic acids is 1. The van der Waals surface area contributed by atoms with E-state index in [4.69, 9.17) is 32.2 Å². The summed E-state index contributed by atoms with van der Waals surface area (Å²) in [6, 6.07) is 5.28. The van der Waals surface area contributed by atoms with Crippen molar-refractivity contribution < 1.29 is 19.0 Å². The predicted octanol–water partition coefficient (Wildman–Crippen LogP) is 1.00. The molecule has 1 fully saturated rings. The van der Waals surface area contributed by atoms with Gasteiger partial charge in [0.2, 0.25) is 0 Å². The molecular formula is C15H20N2O4S. The van der Waals surface area contributed by atoms with Gasteiger partial charge in [-0.1, -0.05) is 12.2 Å². The lowest BCUT2D eigenvalue weighted by molar-refractivity contribution is -0.119. The van der Waals surface area contributed by atoms with Crippen LogP contribution >= 0.6 is 12.2 Å². The lowest BCUT2D eigenvalue weighted by atomic mass is 10.2. The van der Waals surface area contributed by atoms with Crippen LogP contribution in [0.4, 0.5) is 0 Å². The van der Waals surface area contributed by atoms with Gasteiger partial charge >= 0.3 is 0 Å². The molecule has 0 unspecified atom stereocenters. The van der Waals surface area contributed by atoms with Gasteiger partial charge in [-0.2, -0.15) is 0 Å². The molecule has 0 aliphatic carbocycles. The Kier molecular flexibility index (Phi) is 5.97. The fraction of sp³-hybridized carbons (Fsp3) is 0.467. The summed E-state index contributed by atoms with van der Waals surface area (Å²) in [6.07, 6.45) is 2.37. The van der Waals surface area contributed by atoms with Crippen molar-refractivity contribution in [2.45, 2.75) is 18.9 Å². The van der Waals surface area contributed by atoms with Gasteiger partial charge in [-0.15, -0.1) is 0 Å². The van der Waals surface area contributed by atoms with Crippen molar-refractivity contribution in [3.8, 4) is 11.5 Å². The molecule has 3 N–H and O–H groups in total. The van der Waals surface area contributed by atoms with Crippen molar-refractivity contribution in [3.05, 3.63) is 23.8 Å². The molecule has 6 nitrogen and oxygen atoms in total. The standard InChI is InChI=1S/C15H20N2O4S/c1-19-13-7-10(4-5-12(13)21-9-14(16)18)15(22)17-8-11-3-2-6-20-11/h4-5,7,11H,2-3,6,8-9H2,1H3,(H2,16,18)(H,17,22)/t11-/m1/s1. The SMILES string of the molecule is COc1cc(C(=S)NC[C@H]2CCCO2)ccc1OCC(N)=O. The third kappa shape index (κ3) is 4.57. The fourth-order valence-corrected chi connectivity index (χ4v) is 2.40. The topological polar surface area (TPSA) is 82.8 Å². The molecule has 0 radical (unpaired) electrons. The first-order valence-corrected chi connectivity index (χ1v) is 7.50. The molecule has 0 aromatic heterocycles. The van der Waals surface area contributed by atoms with Gasteiger partial charge in [0.05, 0.1) is 13.2 Å². The Bertz CT molecular complexity index is 544. The van der Waals surface area contributed by atoms with Gasteiger partial charge in [-0.05, 0) is 31.0 Å². The Morgan fingerprint density at radius 2 is 2.32 bits per heavy atom. The van der Waals surface area contributed by atoms with Gasteiger partial charge in [0.1, 0.15) is 4.99 Å². The van der Waals surface area contributed by atoms with Gasteiger partial charge in [-0.25, -0.2) is 0 Å². The summed E-state index contributed by atoms with van der Waals surface area (Å²) >= 11 is 5.37. The summed E-state index contributed by atoms with van der Waals surface area (Å²) in [5.41, 5.74) is 5.88. The van der Waals surface area contributed by atoms with E-state index in [2.05, 4.69) is 5.32 Å². The number of amides is 1. The Hall–Kier alpha value is -1.86. The molecule has 1 amide bonds. The fourth-order valence-electron chi connectivity index (χ4n) is 2.19. The van der Waals surface area contributed by atoms with Crippen LogP contribution in [0.2, 0.25) is 0 Å². The van der Waals surface area contributed by atoms with E-state index in [-0.39, 0.29) is 12.7 Å². The minimum Gasteiger partial charge on any atom is -0.493 e. The van der Waals surface area contributed by atoms with Crippen LogP contribution in [0, 0.1) is 0 Å². The third-order valence-electron chi connectivity index (χ3n) is 3.31. The van der Waals surface area contributed by atoms with Crippen molar-refractivity contribution in [1.29, 1.82) is 0 Å². The van der Waals surface area contributed by atoms with Crippen molar-refractivity contribution in [1.82, 2.24) is 5.32 Å². The molecule has 1 aromatic rings. The monoisotopic (exact) mass is 324 g/mol. The zero-order chi connectivity index (χ0) is 15.9. The van der Waals surface area contributed by atoms with E-state index in [9.17, 15) is 4.79 Å². The number of rotatable bonds is 7. The van der Waals surface area contributed by atoms with Gasteiger partial charge in [0, 0.05) is 18.7 Å². The minimum absolute atomic E-state index is 0.197. The van der Waals surface area contributed by atoms with E-state index in [1.165, 1.54) is 7.11 Å². The minimum atomic E-state index is -0.542. The van der Waals surface area contributed by atoms with E-state index in [0.717, 1.165) is 25.0 Å². The first-order chi connectivity index (χ1) is 10.6. The number of ether oxygens (including phenoxy) is 3. The molecule has 1 heterocycles. The number of hydrogen-bond acceptors (Lipinski definition) is 5. The van der Waals surface area contributed by atoms with Crippen LogP contribution in [-0.4, -0.2) is 43.9 Å². The Morgan fingerprint density at radius 1 is 1.50 bits per heavy atom. The molecule has 1 aliphatic rings. The molecule has 0 saturated carbocycles. The Labute approximate surface area is 134 Å². The summed E-state index contributed by atoms with van der Waals surface area (Å²) in [5.74, 6) is 0.409. The third-order valence-corrected chi connectivity index (χ3v) is 3.69. The van der Waals surface area contributed by atoms with Crippen LogP contribution in [-0.2, 0) is 9.53 Å². The Balaban J connectivity index is 1.97. The van der Waals surface area contributed by atoms with Crippen molar-refractivity contribution >= 4 is 23.1 Å². The second-order valence-electron chi connectivity index (χ2n) is 4.97. The molecule has 22 heavy (non-hydrogen) atoms. The van der Waals surface area contributed by atoms with Crippen LogP contribution in [0.25, 0.3) is 0 Å². The summed E-state index contributed by atoms with van der Waals surface area (Å²) < 4.78 is 16.1. The quantitative estimate of drug-likeness (QED) is 0.728. The summed E-state index contributed by atoms with van der Waals surface area (Å²) in [5, 5.41) is 3.20. The second kappa shape index (κ2) is 7.95. The van der Waals surface area contributed by atoms with Gasteiger partial charge in [-0.3, -0.25) is 4.79 Å².